The molecule has 0 bridgehead atoms. The Morgan fingerprint density at radius 3 is 2.42 bits per heavy atom. The second-order valence-electron chi connectivity index (χ2n) is 7.38. The lowest BCUT2D eigenvalue weighted by Gasteiger charge is -2.25. The van der Waals surface area contributed by atoms with Gasteiger partial charge in [0.25, 0.3) is 5.56 Å². The van der Waals surface area contributed by atoms with E-state index in [9.17, 15) is 4.79 Å². The monoisotopic (exact) mass is 414 g/mol. The molecular weight excluding hydrogens is 392 g/mol. The Kier molecular flexibility index (Phi) is 5.30. The molecule has 1 heterocycles. The summed E-state index contributed by atoms with van der Waals surface area (Å²) in [6.45, 7) is 6.43. The largest absolute Gasteiger partial charge is 0.375 e. The van der Waals surface area contributed by atoms with Crippen molar-refractivity contribution in [3.63, 3.8) is 0 Å². The Balaban J connectivity index is 2.14. The molecule has 0 amide bonds. The first-order valence-corrected chi connectivity index (χ1v) is 9.40. The number of hydrogen-bond donors (Lipinski definition) is 0. The molecule has 5 heteroatoms. The molecular formula is C21H23BrN2O2. The second-order valence-corrected chi connectivity index (χ2v) is 8.29. The van der Waals surface area contributed by atoms with E-state index in [1.54, 1.807) is 11.6 Å². The molecule has 0 spiro atoms. The topological polar surface area (TPSA) is 44.1 Å². The number of fused-ring (bicyclic) bond motifs is 1. The molecule has 0 saturated carbocycles. The highest BCUT2D eigenvalue weighted by Gasteiger charge is 2.24. The summed E-state index contributed by atoms with van der Waals surface area (Å²) in [6, 6.07) is 15.7. The molecule has 4 nitrogen and oxygen atoms in total. The predicted octanol–water partition coefficient (Wildman–Crippen LogP) is 4.64. The molecule has 0 aliphatic carbocycles. The van der Waals surface area contributed by atoms with Gasteiger partial charge in [0.1, 0.15) is 5.69 Å². The van der Waals surface area contributed by atoms with Crippen LogP contribution in [0.25, 0.3) is 11.0 Å². The highest BCUT2D eigenvalue weighted by molar-refractivity contribution is 9.10. The van der Waals surface area contributed by atoms with Crippen LogP contribution in [0.5, 0.6) is 0 Å². The van der Waals surface area contributed by atoms with Crippen LogP contribution in [-0.4, -0.2) is 21.8 Å². The molecule has 1 atom stereocenters. The van der Waals surface area contributed by atoms with Crippen LogP contribution in [-0.2, 0) is 11.8 Å². The van der Waals surface area contributed by atoms with E-state index in [1.165, 1.54) is 0 Å². The van der Waals surface area contributed by atoms with E-state index in [-0.39, 0.29) is 17.1 Å². The highest BCUT2D eigenvalue weighted by Crippen LogP contribution is 2.26. The van der Waals surface area contributed by atoms with Crippen LogP contribution in [0, 0.1) is 0 Å². The average Bonchev–Trinajstić information content (AvgIpc) is 2.59. The van der Waals surface area contributed by atoms with Crippen molar-refractivity contribution >= 4 is 27.0 Å². The van der Waals surface area contributed by atoms with Gasteiger partial charge in [0.05, 0.1) is 29.2 Å². The molecule has 26 heavy (non-hydrogen) atoms. The molecule has 0 saturated heterocycles. The zero-order chi connectivity index (χ0) is 18.9. The number of rotatable bonds is 4. The van der Waals surface area contributed by atoms with Crippen molar-refractivity contribution in [3.8, 4) is 0 Å². The number of para-hydroxylation sites is 2. The third-order valence-corrected chi connectivity index (χ3v) is 4.82. The highest BCUT2D eigenvalue weighted by atomic mass is 79.9. The van der Waals surface area contributed by atoms with E-state index in [2.05, 4.69) is 15.9 Å². The molecule has 3 aromatic rings. The van der Waals surface area contributed by atoms with Crippen LogP contribution < -0.4 is 5.56 Å². The Labute approximate surface area is 162 Å². The summed E-state index contributed by atoms with van der Waals surface area (Å²) in [4.78, 5) is 17.7. The summed E-state index contributed by atoms with van der Waals surface area (Å²) in [5, 5.41) is 0. The van der Waals surface area contributed by atoms with E-state index < -0.39 is 0 Å². The fraction of sp³-hybridized carbons (Fsp3) is 0.333. The number of benzene rings is 2. The number of aryl methyl sites for hydroxylation is 1. The van der Waals surface area contributed by atoms with Crippen LogP contribution in [0.3, 0.4) is 0 Å². The minimum absolute atomic E-state index is 0.0888. The molecule has 0 radical (unpaired) electrons. The standard InChI is InChI=1S/C21H23BrN2O2/c1-21(2,3)26-13-16(14-9-11-15(22)12-10-14)19-20(25)24(4)18-8-6-5-7-17(18)23-19/h5-12,16H,13H2,1-4H3. The first-order valence-electron chi connectivity index (χ1n) is 8.61. The van der Waals surface area contributed by atoms with Crippen molar-refractivity contribution in [2.24, 2.45) is 7.05 Å². The quantitative estimate of drug-likeness (QED) is 0.624. The minimum atomic E-state index is -0.296. The maximum Gasteiger partial charge on any atom is 0.273 e. The SMILES string of the molecule is Cn1c(=O)c(C(COC(C)(C)C)c2ccc(Br)cc2)nc2ccccc21. The van der Waals surface area contributed by atoms with Gasteiger partial charge < -0.3 is 9.30 Å². The zero-order valence-electron chi connectivity index (χ0n) is 15.5. The smallest absolute Gasteiger partial charge is 0.273 e. The van der Waals surface area contributed by atoms with Gasteiger partial charge >= 0.3 is 0 Å². The Morgan fingerprint density at radius 1 is 1.12 bits per heavy atom. The van der Waals surface area contributed by atoms with Gasteiger partial charge in [-0.15, -0.1) is 0 Å². The molecule has 0 aliphatic rings. The second kappa shape index (κ2) is 7.33. The molecule has 0 fully saturated rings. The maximum atomic E-state index is 13.0. The van der Waals surface area contributed by atoms with Crippen molar-refractivity contribution in [1.82, 2.24) is 9.55 Å². The predicted molar refractivity (Wildman–Crippen MR) is 109 cm³/mol. The summed E-state index contributed by atoms with van der Waals surface area (Å²) < 4.78 is 8.70. The molecule has 0 aliphatic heterocycles. The van der Waals surface area contributed by atoms with Crippen LogP contribution in [0.1, 0.15) is 37.9 Å². The van der Waals surface area contributed by atoms with Crippen LogP contribution in [0.15, 0.2) is 57.8 Å². The first-order chi connectivity index (χ1) is 12.3. The van der Waals surface area contributed by atoms with Crippen molar-refractivity contribution in [3.05, 3.63) is 74.6 Å². The zero-order valence-corrected chi connectivity index (χ0v) is 17.1. The number of hydrogen-bond acceptors (Lipinski definition) is 3. The summed E-state index contributed by atoms with van der Waals surface area (Å²) in [5.74, 6) is -0.231. The van der Waals surface area contributed by atoms with Crippen molar-refractivity contribution in [2.45, 2.75) is 32.3 Å². The lowest BCUT2D eigenvalue weighted by molar-refractivity contribution is -0.00716. The lowest BCUT2D eigenvalue weighted by Crippen LogP contribution is -2.30. The lowest BCUT2D eigenvalue weighted by atomic mass is 9.96. The summed E-state index contributed by atoms with van der Waals surface area (Å²) >= 11 is 3.47. The molecule has 136 valence electrons. The summed E-state index contributed by atoms with van der Waals surface area (Å²) in [5.41, 5.74) is 2.77. The third kappa shape index (κ3) is 4.05. The molecule has 1 unspecified atom stereocenters. The van der Waals surface area contributed by atoms with Crippen molar-refractivity contribution in [1.29, 1.82) is 0 Å². The van der Waals surface area contributed by atoms with E-state index >= 15 is 0 Å². The molecule has 2 aromatic carbocycles. The van der Waals surface area contributed by atoms with E-state index in [0.717, 1.165) is 21.1 Å². The van der Waals surface area contributed by atoms with Gasteiger partial charge in [-0.25, -0.2) is 4.98 Å². The van der Waals surface area contributed by atoms with Gasteiger partial charge in [-0.3, -0.25) is 4.79 Å². The van der Waals surface area contributed by atoms with Gasteiger partial charge in [-0.2, -0.15) is 0 Å². The van der Waals surface area contributed by atoms with E-state index in [4.69, 9.17) is 9.72 Å². The number of halogens is 1. The Morgan fingerprint density at radius 2 is 1.77 bits per heavy atom. The summed E-state index contributed by atoms with van der Waals surface area (Å²) in [6.07, 6.45) is 0. The van der Waals surface area contributed by atoms with Crippen LogP contribution >= 0.6 is 15.9 Å². The average molecular weight is 415 g/mol. The summed E-state index contributed by atoms with van der Waals surface area (Å²) in [7, 11) is 1.79. The van der Waals surface area contributed by atoms with Crippen LogP contribution in [0.4, 0.5) is 0 Å². The molecule has 0 N–H and O–H groups in total. The fourth-order valence-corrected chi connectivity index (χ4v) is 3.15. The third-order valence-electron chi connectivity index (χ3n) is 4.29. The van der Waals surface area contributed by atoms with Gasteiger partial charge in [-0.1, -0.05) is 40.2 Å². The first kappa shape index (κ1) is 18.8. The minimum Gasteiger partial charge on any atom is -0.375 e. The molecule has 1 aromatic heterocycles. The maximum absolute atomic E-state index is 13.0. The number of nitrogens with zero attached hydrogens (tertiary/aromatic N) is 2. The van der Waals surface area contributed by atoms with Gasteiger partial charge in [0, 0.05) is 11.5 Å². The Hall–Kier alpha value is -1.98. The van der Waals surface area contributed by atoms with E-state index in [0.29, 0.717) is 12.3 Å². The Bertz CT molecular complexity index is 972. The molecule has 3 rings (SSSR count). The van der Waals surface area contributed by atoms with E-state index in [1.807, 2.05) is 69.3 Å². The van der Waals surface area contributed by atoms with Crippen molar-refractivity contribution in [2.75, 3.05) is 6.61 Å². The van der Waals surface area contributed by atoms with Gasteiger partial charge in [0.2, 0.25) is 0 Å². The van der Waals surface area contributed by atoms with Gasteiger partial charge in [-0.05, 0) is 50.6 Å². The van der Waals surface area contributed by atoms with Crippen molar-refractivity contribution < 1.29 is 4.74 Å². The number of aromatic nitrogens is 2. The fourth-order valence-electron chi connectivity index (χ4n) is 2.89. The van der Waals surface area contributed by atoms with Gasteiger partial charge in [0.15, 0.2) is 0 Å². The van der Waals surface area contributed by atoms with Crippen LogP contribution in [0.2, 0.25) is 0 Å². The number of ether oxygens (including phenoxy) is 1. The normalized spacial score (nSPS) is 13.1.